The van der Waals surface area contributed by atoms with Crippen LogP contribution in [0.4, 0.5) is 14.5 Å². The zero-order valence-corrected chi connectivity index (χ0v) is 8.87. The highest BCUT2D eigenvalue weighted by atomic mass is 19.1. The number of halogens is 2. The molecule has 0 atom stereocenters. The number of hydrogen-bond donors (Lipinski definition) is 1. The molecule has 17 heavy (non-hydrogen) atoms. The lowest BCUT2D eigenvalue weighted by Crippen LogP contribution is -2.35. The Morgan fingerprint density at radius 2 is 1.76 bits per heavy atom. The summed E-state index contributed by atoms with van der Waals surface area (Å²) in [5.41, 5.74) is 0.129. The summed E-state index contributed by atoms with van der Waals surface area (Å²) < 4.78 is 26.1. The number of carbonyl (C=O) groups is 2. The zero-order chi connectivity index (χ0) is 12.4. The Labute approximate surface area is 96.2 Å². The third-order valence-electron chi connectivity index (χ3n) is 2.46. The summed E-state index contributed by atoms with van der Waals surface area (Å²) in [6, 6.07) is 2.86. The number of rotatable bonds is 1. The van der Waals surface area contributed by atoms with Gasteiger partial charge in [0.05, 0.1) is 6.54 Å². The summed E-state index contributed by atoms with van der Waals surface area (Å²) in [6.07, 6.45) is 0.115. The quantitative estimate of drug-likeness (QED) is 0.790. The molecule has 1 fully saturated rings. The molecule has 0 aliphatic carbocycles. The average Bonchev–Trinajstić information content (AvgIpc) is 2.40. The number of nitrogens with one attached hydrogen (secondary N) is 1. The highest BCUT2D eigenvalue weighted by molar-refractivity contribution is 5.98. The van der Waals surface area contributed by atoms with Crippen LogP contribution in [0.3, 0.4) is 0 Å². The lowest BCUT2D eigenvalue weighted by molar-refractivity contribution is -0.123. The maximum Gasteiger partial charge on any atom is 0.246 e. The van der Waals surface area contributed by atoms with Crippen molar-refractivity contribution in [2.75, 3.05) is 18.0 Å². The van der Waals surface area contributed by atoms with Crippen molar-refractivity contribution in [1.29, 1.82) is 0 Å². The van der Waals surface area contributed by atoms with E-state index >= 15 is 0 Å². The van der Waals surface area contributed by atoms with Crippen LogP contribution in [-0.4, -0.2) is 24.9 Å². The summed E-state index contributed by atoms with van der Waals surface area (Å²) in [5.74, 6) is -2.15. The Balaban J connectivity index is 2.30. The van der Waals surface area contributed by atoms with Gasteiger partial charge in [-0.05, 0) is 12.1 Å². The first kappa shape index (κ1) is 11.5. The molecular weight excluding hydrogens is 230 g/mol. The fourth-order valence-electron chi connectivity index (χ4n) is 1.66. The molecule has 0 saturated carbocycles. The monoisotopic (exact) mass is 240 g/mol. The third kappa shape index (κ3) is 2.58. The van der Waals surface area contributed by atoms with E-state index in [4.69, 9.17) is 0 Å². The van der Waals surface area contributed by atoms with Crippen LogP contribution in [0.5, 0.6) is 0 Å². The van der Waals surface area contributed by atoms with Crippen LogP contribution < -0.4 is 10.2 Å². The zero-order valence-electron chi connectivity index (χ0n) is 8.87. The van der Waals surface area contributed by atoms with Crippen molar-refractivity contribution in [3.63, 3.8) is 0 Å². The number of benzene rings is 1. The van der Waals surface area contributed by atoms with Gasteiger partial charge in [0, 0.05) is 24.7 Å². The van der Waals surface area contributed by atoms with Crippen molar-refractivity contribution >= 4 is 17.5 Å². The van der Waals surface area contributed by atoms with Gasteiger partial charge in [-0.3, -0.25) is 9.59 Å². The molecule has 1 aliphatic rings. The van der Waals surface area contributed by atoms with Gasteiger partial charge in [-0.25, -0.2) is 8.78 Å². The van der Waals surface area contributed by atoms with Crippen molar-refractivity contribution in [3.05, 3.63) is 29.8 Å². The minimum absolute atomic E-state index is 0.115. The van der Waals surface area contributed by atoms with E-state index < -0.39 is 11.6 Å². The Morgan fingerprint density at radius 1 is 1.12 bits per heavy atom. The Bertz CT molecular complexity index is 456. The molecule has 0 unspecified atom stereocenters. The first-order valence-electron chi connectivity index (χ1n) is 5.09. The van der Waals surface area contributed by atoms with Gasteiger partial charge in [0.1, 0.15) is 11.6 Å². The highest BCUT2D eigenvalue weighted by Crippen LogP contribution is 2.19. The van der Waals surface area contributed by atoms with Crippen molar-refractivity contribution in [3.8, 4) is 0 Å². The van der Waals surface area contributed by atoms with E-state index in [9.17, 15) is 18.4 Å². The number of amides is 2. The molecule has 90 valence electrons. The van der Waals surface area contributed by atoms with E-state index in [1.54, 1.807) is 0 Å². The molecule has 1 aromatic rings. The largest absolute Gasteiger partial charge is 0.347 e. The molecule has 4 nitrogen and oxygen atoms in total. The molecule has 2 rings (SSSR count). The first-order valence-corrected chi connectivity index (χ1v) is 5.09. The molecule has 1 heterocycles. The molecule has 0 aromatic heterocycles. The maximum absolute atomic E-state index is 13.0. The fourth-order valence-corrected chi connectivity index (χ4v) is 1.66. The van der Waals surface area contributed by atoms with Gasteiger partial charge in [0.2, 0.25) is 11.8 Å². The van der Waals surface area contributed by atoms with Crippen LogP contribution in [0.25, 0.3) is 0 Å². The Morgan fingerprint density at radius 3 is 2.41 bits per heavy atom. The van der Waals surface area contributed by atoms with E-state index in [1.165, 1.54) is 4.90 Å². The average molecular weight is 240 g/mol. The number of hydrogen-bond acceptors (Lipinski definition) is 2. The first-order chi connectivity index (χ1) is 8.06. The molecule has 0 radical (unpaired) electrons. The van der Waals surface area contributed by atoms with Gasteiger partial charge in [-0.2, -0.15) is 0 Å². The molecule has 1 N–H and O–H groups in total. The second-order valence-corrected chi connectivity index (χ2v) is 3.70. The molecule has 0 spiro atoms. The molecule has 1 aliphatic heterocycles. The standard InChI is InChI=1S/C11H10F2N2O2/c12-7-3-8(13)5-9(4-7)15-2-1-10(16)14-6-11(15)17/h3-5H,1-2,6H2,(H,14,16). The normalized spacial score (nSPS) is 16.7. The van der Waals surface area contributed by atoms with Crippen LogP contribution >= 0.6 is 0 Å². The highest BCUT2D eigenvalue weighted by Gasteiger charge is 2.22. The van der Waals surface area contributed by atoms with Crippen LogP contribution in [-0.2, 0) is 9.59 Å². The number of nitrogens with zero attached hydrogens (tertiary/aromatic N) is 1. The Kier molecular flexibility index (Phi) is 3.03. The molecule has 6 heteroatoms. The van der Waals surface area contributed by atoms with E-state index in [0.29, 0.717) is 0 Å². The minimum Gasteiger partial charge on any atom is -0.347 e. The van der Waals surface area contributed by atoms with Gasteiger partial charge in [-0.1, -0.05) is 0 Å². The van der Waals surface area contributed by atoms with Gasteiger partial charge in [0.25, 0.3) is 0 Å². The van der Waals surface area contributed by atoms with Crippen molar-refractivity contribution in [2.24, 2.45) is 0 Å². The summed E-state index contributed by atoms with van der Waals surface area (Å²) in [4.78, 5) is 23.9. The lowest BCUT2D eigenvalue weighted by Gasteiger charge is -2.19. The predicted molar refractivity (Wildman–Crippen MR) is 56.3 cm³/mol. The van der Waals surface area contributed by atoms with Crippen molar-refractivity contribution in [2.45, 2.75) is 6.42 Å². The minimum atomic E-state index is -0.753. The van der Waals surface area contributed by atoms with E-state index in [1.807, 2.05) is 0 Å². The number of anilines is 1. The smallest absolute Gasteiger partial charge is 0.246 e. The van der Waals surface area contributed by atoms with E-state index in [2.05, 4.69) is 5.32 Å². The van der Waals surface area contributed by atoms with Crippen LogP contribution in [0.2, 0.25) is 0 Å². The number of carbonyl (C=O) groups excluding carboxylic acids is 2. The van der Waals surface area contributed by atoms with Crippen LogP contribution in [0.1, 0.15) is 6.42 Å². The van der Waals surface area contributed by atoms with Gasteiger partial charge >= 0.3 is 0 Å². The summed E-state index contributed by atoms with van der Waals surface area (Å²) >= 11 is 0. The van der Waals surface area contributed by atoms with Crippen molar-refractivity contribution in [1.82, 2.24) is 5.32 Å². The predicted octanol–water partition coefficient (Wildman–Crippen LogP) is 0.818. The Hall–Kier alpha value is -1.98. The van der Waals surface area contributed by atoms with Gasteiger partial charge < -0.3 is 10.2 Å². The molecular formula is C11H10F2N2O2. The SMILES string of the molecule is O=C1CCN(c2cc(F)cc(F)c2)C(=O)CN1. The second-order valence-electron chi connectivity index (χ2n) is 3.70. The molecule has 1 aromatic carbocycles. The van der Waals surface area contributed by atoms with Crippen molar-refractivity contribution < 1.29 is 18.4 Å². The topological polar surface area (TPSA) is 49.4 Å². The second kappa shape index (κ2) is 4.48. The van der Waals surface area contributed by atoms with Crippen LogP contribution in [0.15, 0.2) is 18.2 Å². The molecule has 2 amide bonds. The summed E-state index contributed by atoms with van der Waals surface area (Å²) in [5, 5.41) is 2.41. The lowest BCUT2D eigenvalue weighted by atomic mass is 10.2. The molecule has 1 saturated heterocycles. The fraction of sp³-hybridized carbons (Fsp3) is 0.273. The van der Waals surface area contributed by atoms with Crippen LogP contribution in [0, 0.1) is 11.6 Å². The van der Waals surface area contributed by atoms with E-state index in [-0.39, 0.29) is 37.0 Å². The third-order valence-corrected chi connectivity index (χ3v) is 2.46. The van der Waals surface area contributed by atoms with Gasteiger partial charge in [-0.15, -0.1) is 0 Å². The van der Waals surface area contributed by atoms with E-state index in [0.717, 1.165) is 18.2 Å². The summed E-state index contributed by atoms with van der Waals surface area (Å²) in [6.45, 7) is -0.0372. The maximum atomic E-state index is 13.0. The molecule has 0 bridgehead atoms. The van der Waals surface area contributed by atoms with Gasteiger partial charge in [0.15, 0.2) is 0 Å². The summed E-state index contributed by atoms with van der Waals surface area (Å²) in [7, 11) is 0.